The molecule has 0 fully saturated rings. The fourth-order valence-electron chi connectivity index (χ4n) is 5.71. The third-order valence-electron chi connectivity index (χ3n) is 11.4. The number of aliphatic carboxylic acids is 3. The van der Waals surface area contributed by atoms with Gasteiger partial charge in [-0.1, -0.05) is 156 Å². The SMILES string of the molecule is C.CC(=O)C(N)CCC(C)=S.CC(=O)NC(CCC(C)=S)C(=O)O.CC(=O)OCC(C)=S.CC(=O)Oc1ccc(C(C)=S)cc1.CC(=S)CCC(C)C(=O)O.CCCOS(=O)(=O)OC.CNC(CCC(C)=S)C(=O)O.COC(=O)C(N)CCC(C)=S.COCC(C)=S.COc1ccc(C(C)=S)cc1. The lowest BCUT2D eigenvalue weighted by atomic mass is 10.1. The fourth-order valence-corrected chi connectivity index (χ4v) is 7.22. The van der Waals surface area contributed by atoms with Crippen molar-refractivity contribution in [3.8, 4) is 11.5 Å². The summed E-state index contributed by atoms with van der Waals surface area (Å²) in [4.78, 5) is 91.5. The predicted octanol–water partition coefficient (Wildman–Crippen LogP) is 12.9. The first-order valence-electron chi connectivity index (χ1n) is 31.2. The summed E-state index contributed by atoms with van der Waals surface area (Å²) in [5.41, 5.74) is 13.0. The summed E-state index contributed by atoms with van der Waals surface area (Å²) >= 11 is 43.4. The average molecular weight is 1640 g/mol. The molecule has 2 aromatic carbocycles. The molecule has 24 nitrogen and oxygen atoms in total. The van der Waals surface area contributed by atoms with E-state index < -0.39 is 46.4 Å². The van der Waals surface area contributed by atoms with Crippen LogP contribution in [0.25, 0.3) is 0 Å². The molecule has 0 spiro atoms. The second kappa shape index (κ2) is 73.6. The van der Waals surface area contributed by atoms with Gasteiger partial charge in [0.15, 0.2) is 0 Å². The van der Waals surface area contributed by atoms with E-state index in [1.54, 1.807) is 54.2 Å². The normalized spacial score (nSPS) is 10.9. The molecule has 590 valence electrons. The van der Waals surface area contributed by atoms with E-state index in [9.17, 15) is 46.8 Å². The van der Waals surface area contributed by atoms with Crippen LogP contribution < -0.4 is 31.6 Å². The van der Waals surface area contributed by atoms with Crippen LogP contribution in [0.1, 0.15) is 193 Å². The standard InChI is InChI=1S/C10H10O2S.C9H10OS.C8H13NO3S.2C7H13NO2S.C7H13NOS.C7H12O2S.C5H8O2S.C4H10O4S.C4H8OS.CH4/c1-7(13)9-3-5-10(6-4-9)12-8(2)11;1-7(11)8-3-5-9(10-2)6-4-8;1-5(13)3-4-7(8(11)12)9-6(2)10;1-5(11)3-4-6(8)7(9)10-2;1-5(11)3-4-6(8-2)7(9)10;1-5(10)3-4-7(8)6(2)9;1-5(7(8)9)3-4-6(2)10;1-4(8)3-7-5(2)6;1-3-4-8-9(5,6)7-2;1-4(6)3-5-2;/h3-6H,1-2H3;3-6H,1-2H3;7H,3-4H2,1-2H3,(H,9,10)(H,11,12);6H,3-4,8H2,1-2H3;6,8H,3-4H2,1-2H3,(H,9,10);7H,3-4,8H2,1-2H3;5H,3-4H2,1-2H3,(H,8,9);3H2,1-2H3;3-4H2,1-2H3;3H2,1-2H3;1H4. The lowest BCUT2D eigenvalue weighted by molar-refractivity contribution is -0.142. The van der Waals surface area contributed by atoms with Gasteiger partial charge in [0.05, 0.1) is 46.5 Å². The van der Waals surface area contributed by atoms with Crippen molar-refractivity contribution in [2.24, 2.45) is 17.4 Å². The maximum Gasteiger partial charge on any atom is 0.399 e. The number of nitrogens with two attached hydrogens (primary N) is 2. The molecule has 5 unspecified atom stereocenters. The van der Waals surface area contributed by atoms with E-state index in [1.165, 1.54) is 34.8 Å². The van der Waals surface area contributed by atoms with Gasteiger partial charge >= 0.3 is 46.2 Å². The minimum Gasteiger partial charge on any atom is -0.497 e. The average Bonchev–Trinajstić information content (AvgIpc) is 0.909. The summed E-state index contributed by atoms with van der Waals surface area (Å²) in [6, 6.07) is 12.7. The Morgan fingerprint density at radius 3 is 1.13 bits per heavy atom. The number of thiocarbonyl (C=S) groups is 9. The van der Waals surface area contributed by atoms with Gasteiger partial charge in [-0.2, -0.15) is 8.42 Å². The summed E-state index contributed by atoms with van der Waals surface area (Å²) in [5.74, 6) is -2.70. The number of Topliss-reactive ketones (excluding diaryl/α,β-unsaturated/α-hetero) is 1. The highest BCUT2D eigenvalue weighted by molar-refractivity contribution is 7.82. The maximum absolute atomic E-state index is 10.7. The minimum atomic E-state index is -3.68. The summed E-state index contributed by atoms with van der Waals surface area (Å²) in [6.07, 6.45) is 6.93. The molecule has 34 heteroatoms. The number of carboxylic acids is 3. The number of amides is 1. The number of hydrogen-bond acceptors (Lipinski definition) is 29. The van der Waals surface area contributed by atoms with Crippen LogP contribution in [0.15, 0.2) is 48.5 Å². The first-order chi connectivity index (χ1) is 47.0. The van der Waals surface area contributed by atoms with Crippen molar-refractivity contribution in [1.29, 1.82) is 0 Å². The number of carboxylic acid groups (broad SMARTS) is 3. The Hall–Kier alpha value is -5.28. The molecule has 0 bridgehead atoms. The lowest BCUT2D eigenvalue weighted by Crippen LogP contribution is -2.39. The Kier molecular flexibility index (Phi) is 83.0. The fraction of sp³-hybridized carbons (Fsp3) is 0.580. The van der Waals surface area contributed by atoms with Crippen molar-refractivity contribution in [3.63, 3.8) is 0 Å². The first-order valence-corrected chi connectivity index (χ1v) is 36.2. The summed E-state index contributed by atoms with van der Waals surface area (Å²) in [5, 5.41) is 30.7. The van der Waals surface area contributed by atoms with E-state index in [-0.39, 0.29) is 62.2 Å². The summed E-state index contributed by atoms with van der Waals surface area (Å²) < 4.78 is 52.4. The summed E-state index contributed by atoms with van der Waals surface area (Å²) in [6.45, 7) is 26.6. The quantitative estimate of drug-likeness (QED) is 0.0148. The van der Waals surface area contributed by atoms with Crippen LogP contribution in [0, 0.1) is 5.92 Å². The van der Waals surface area contributed by atoms with Gasteiger partial charge in [-0.25, -0.2) is 8.98 Å². The maximum atomic E-state index is 10.7. The van der Waals surface area contributed by atoms with Gasteiger partial charge in [0.2, 0.25) is 5.91 Å². The van der Waals surface area contributed by atoms with Crippen molar-refractivity contribution >= 4 is 212 Å². The van der Waals surface area contributed by atoms with E-state index in [4.69, 9.17) is 122 Å². The number of carbonyl (C=O) groups excluding carboxylic acids is 5. The molecule has 0 aromatic heterocycles. The molecule has 1 amide bonds. The molecular weight excluding hydrogens is 1530 g/mol. The number of ketones is 1. The van der Waals surface area contributed by atoms with Crippen molar-refractivity contribution in [3.05, 3.63) is 59.7 Å². The number of ether oxygens (including phenoxy) is 5. The molecule has 5 atom stereocenters. The Bertz CT molecular complexity index is 2960. The van der Waals surface area contributed by atoms with Crippen LogP contribution in [0.4, 0.5) is 0 Å². The molecule has 0 saturated heterocycles. The number of rotatable bonds is 34. The number of esters is 3. The van der Waals surface area contributed by atoms with Gasteiger partial charge in [0.25, 0.3) is 0 Å². The number of nitrogens with one attached hydrogen (secondary N) is 2. The smallest absolute Gasteiger partial charge is 0.399 e. The van der Waals surface area contributed by atoms with Gasteiger partial charge < -0.3 is 61.1 Å². The molecular formula is C69H114N4O20S10. The molecule has 0 saturated carbocycles. The molecule has 0 heterocycles. The van der Waals surface area contributed by atoms with E-state index in [1.807, 2.05) is 91.8 Å². The second-order valence-electron chi connectivity index (χ2n) is 21.5. The number of hydrogen-bond donors (Lipinski definition) is 7. The van der Waals surface area contributed by atoms with Crippen LogP contribution in [0.3, 0.4) is 0 Å². The van der Waals surface area contributed by atoms with Gasteiger partial charge in [-0.15, -0.1) is 0 Å². The monoisotopic (exact) mass is 1640 g/mol. The minimum absolute atomic E-state index is 0. The highest BCUT2D eigenvalue weighted by Gasteiger charge is 2.18. The second-order valence-corrected chi connectivity index (χ2v) is 29.0. The zero-order valence-corrected chi connectivity index (χ0v) is 70.6. The zero-order chi connectivity index (χ0) is 81.4. The molecule has 0 aliphatic heterocycles. The van der Waals surface area contributed by atoms with Gasteiger partial charge in [-0.05, 0) is 207 Å². The number of benzene rings is 2. The van der Waals surface area contributed by atoms with Crippen LogP contribution in [0.2, 0.25) is 0 Å². The Labute approximate surface area is 661 Å². The van der Waals surface area contributed by atoms with E-state index in [0.29, 0.717) is 75.0 Å². The largest absolute Gasteiger partial charge is 0.497 e. The molecule has 2 rings (SSSR count). The third kappa shape index (κ3) is 90.9. The molecule has 0 aliphatic rings. The van der Waals surface area contributed by atoms with Gasteiger partial charge in [0, 0.05) is 47.3 Å². The van der Waals surface area contributed by atoms with Gasteiger partial charge in [-0.3, -0.25) is 37.7 Å². The molecule has 0 aliphatic carbocycles. The predicted molar refractivity (Wildman–Crippen MR) is 448 cm³/mol. The zero-order valence-electron chi connectivity index (χ0n) is 62.4. The Balaban J connectivity index is -0.000000137. The molecule has 9 N–H and O–H groups in total. The molecule has 0 radical (unpaired) electrons. The lowest BCUT2D eigenvalue weighted by Gasteiger charge is -2.12. The first kappa shape index (κ1) is 116. The number of methoxy groups -OCH3 is 3. The van der Waals surface area contributed by atoms with Crippen LogP contribution >= 0.6 is 110 Å². The van der Waals surface area contributed by atoms with Crippen molar-refractivity contribution in [2.45, 2.75) is 206 Å². The van der Waals surface area contributed by atoms with Crippen molar-refractivity contribution < 1.29 is 94.1 Å². The third-order valence-corrected chi connectivity index (χ3v) is 14.0. The van der Waals surface area contributed by atoms with Crippen molar-refractivity contribution in [2.75, 3.05) is 55.3 Å². The number of likely N-dealkylation sites (N-methyl/N-ethyl adjacent to an activating group) is 1. The van der Waals surface area contributed by atoms with Gasteiger partial charge in [0.1, 0.15) is 42.0 Å². The highest BCUT2D eigenvalue weighted by Crippen LogP contribution is 2.14. The Morgan fingerprint density at radius 1 is 0.505 bits per heavy atom. The van der Waals surface area contributed by atoms with E-state index >= 15 is 0 Å². The molecule has 2 aromatic rings. The van der Waals surface area contributed by atoms with Crippen LogP contribution in [-0.2, 0) is 71.3 Å². The van der Waals surface area contributed by atoms with E-state index in [2.05, 4.69) is 57.6 Å². The van der Waals surface area contributed by atoms with Crippen molar-refractivity contribution in [1.82, 2.24) is 10.6 Å². The summed E-state index contributed by atoms with van der Waals surface area (Å²) in [7, 11) is 3.63. The van der Waals surface area contributed by atoms with Crippen LogP contribution in [-0.4, -0.2) is 194 Å². The highest BCUT2D eigenvalue weighted by atomic mass is 32.3. The van der Waals surface area contributed by atoms with E-state index in [0.717, 1.165) is 75.7 Å². The number of carbonyl (C=O) groups is 8. The molecule has 103 heavy (non-hydrogen) atoms. The van der Waals surface area contributed by atoms with Crippen LogP contribution in [0.5, 0.6) is 11.5 Å². The Morgan fingerprint density at radius 2 is 0.874 bits per heavy atom. The topological polar surface area (TPSA) is 372 Å².